The van der Waals surface area contributed by atoms with Gasteiger partial charge in [-0.1, -0.05) is 0 Å². The third kappa shape index (κ3) is 2.51. The number of nitrogens with two attached hydrogens (primary N) is 1. The first-order valence-electron chi connectivity index (χ1n) is 3.12. The molecule has 3 nitrogen and oxygen atoms in total. The average Bonchev–Trinajstić information content (AvgIpc) is 1.96. The van der Waals surface area contributed by atoms with Crippen LogP contribution in [0.3, 0.4) is 0 Å². The molecule has 0 radical (unpaired) electrons. The zero-order valence-electron chi connectivity index (χ0n) is 6.18. The van der Waals surface area contributed by atoms with Crippen LogP contribution in [0.4, 0.5) is 13.6 Å². The van der Waals surface area contributed by atoms with Crippen LogP contribution < -0.4 is 10.5 Å². The molecule has 0 heterocycles. The minimum Gasteiger partial charge on any atom is -0.404 e. The van der Waals surface area contributed by atoms with Gasteiger partial charge in [0.05, 0.1) is 0 Å². The SMILES string of the molecule is NC(=O)Oc1c(F)cc(I)cc1F. The van der Waals surface area contributed by atoms with Gasteiger partial charge in [-0.05, 0) is 34.7 Å². The van der Waals surface area contributed by atoms with E-state index in [9.17, 15) is 13.6 Å². The highest BCUT2D eigenvalue weighted by Crippen LogP contribution is 2.23. The summed E-state index contributed by atoms with van der Waals surface area (Å²) in [4.78, 5) is 10.2. The monoisotopic (exact) mass is 299 g/mol. The Labute approximate surface area is 86.0 Å². The highest BCUT2D eigenvalue weighted by atomic mass is 127. The van der Waals surface area contributed by atoms with E-state index < -0.39 is 23.5 Å². The van der Waals surface area contributed by atoms with E-state index in [1.54, 1.807) is 22.6 Å². The Kier molecular flexibility index (Phi) is 3.02. The molecule has 0 atom stereocenters. The van der Waals surface area contributed by atoms with Gasteiger partial charge in [-0.2, -0.15) is 0 Å². The maximum absolute atomic E-state index is 12.9. The molecule has 0 saturated heterocycles. The Morgan fingerprint density at radius 3 is 2.23 bits per heavy atom. The maximum atomic E-state index is 12.9. The van der Waals surface area contributed by atoms with Crippen molar-refractivity contribution in [3.05, 3.63) is 27.3 Å². The number of primary amides is 1. The predicted molar refractivity (Wildman–Crippen MR) is 49.3 cm³/mol. The number of hydrogen-bond donors (Lipinski definition) is 1. The van der Waals surface area contributed by atoms with Crippen molar-refractivity contribution >= 4 is 28.7 Å². The van der Waals surface area contributed by atoms with Crippen molar-refractivity contribution in [2.45, 2.75) is 0 Å². The lowest BCUT2D eigenvalue weighted by molar-refractivity contribution is 0.206. The predicted octanol–water partition coefficient (Wildman–Crippen LogP) is 2.03. The van der Waals surface area contributed by atoms with E-state index in [0.717, 1.165) is 12.1 Å². The highest BCUT2D eigenvalue weighted by Gasteiger charge is 2.13. The summed E-state index contributed by atoms with van der Waals surface area (Å²) in [5.74, 6) is -2.68. The van der Waals surface area contributed by atoms with E-state index in [1.165, 1.54) is 0 Å². The highest BCUT2D eigenvalue weighted by molar-refractivity contribution is 14.1. The van der Waals surface area contributed by atoms with E-state index in [2.05, 4.69) is 10.5 Å². The smallest absolute Gasteiger partial charge is 0.404 e. The largest absolute Gasteiger partial charge is 0.410 e. The zero-order valence-corrected chi connectivity index (χ0v) is 8.34. The number of hydrogen-bond acceptors (Lipinski definition) is 2. The second-order valence-electron chi connectivity index (χ2n) is 2.12. The zero-order chi connectivity index (χ0) is 10.0. The number of ether oxygens (including phenoxy) is 1. The summed E-state index contributed by atoms with van der Waals surface area (Å²) in [7, 11) is 0. The summed E-state index contributed by atoms with van der Waals surface area (Å²) < 4.78 is 30.3. The Morgan fingerprint density at radius 2 is 1.85 bits per heavy atom. The molecule has 0 aromatic heterocycles. The molecule has 0 aliphatic rings. The molecule has 0 aliphatic carbocycles. The van der Waals surface area contributed by atoms with Gasteiger partial charge in [0.25, 0.3) is 0 Å². The lowest BCUT2D eigenvalue weighted by Crippen LogP contribution is -2.17. The van der Waals surface area contributed by atoms with Crippen LogP contribution in [0.25, 0.3) is 0 Å². The van der Waals surface area contributed by atoms with Gasteiger partial charge in [0.2, 0.25) is 5.75 Å². The van der Waals surface area contributed by atoms with E-state index >= 15 is 0 Å². The molecule has 0 bridgehead atoms. The third-order valence-electron chi connectivity index (χ3n) is 1.17. The first-order chi connectivity index (χ1) is 6.00. The first-order valence-corrected chi connectivity index (χ1v) is 4.20. The number of rotatable bonds is 1. The fourth-order valence-corrected chi connectivity index (χ4v) is 1.27. The summed E-state index contributed by atoms with van der Waals surface area (Å²) in [5, 5.41) is 0. The van der Waals surface area contributed by atoms with Gasteiger partial charge in [-0.25, -0.2) is 13.6 Å². The summed E-state index contributed by atoms with van der Waals surface area (Å²) in [6, 6.07) is 2.06. The molecule has 2 N–H and O–H groups in total. The molecule has 13 heavy (non-hydrogen) atoms. The van der Waals surface area contributed by atoms with Gasteiger partial charge in [-0.3, -0.25) is 0 Å². The molecule has 1 rings (SSSR count). The van der Waals surface area contributed by atoms with E-state index in [0.29, 0.717) is 3.57 Å². The Balaban J connectivity index is 3.13. The van der Waals surface area contributed by atoms with Crippen molar-refractivity contribution in [2.24, 2.45) is 5.73 Å². The quantitative estimate of drug-likeness (QED) is 0.807. The van der Waals surface area contributed by atoms with Gasteiger partial charge in [0, 0.05) is 3.57 Å². The van der Waals surface area contributed by atoms with Gasteiger partial charge < -0.3 is 10.5 Å². The van der Waals surface area contributed by atoms with Crippen LogP contribution >= 0.6 is 22.6 Å². The molecule has 1 aromatic rings. The topological polar surface area (TPSA) is 52.3 Å². The lowest BCUT2D eigenvalue weighted by atomic mass is 10.3. The average molecular weight is 299 g/mol. The summed E-state index contributed by atoms with van der Waals surface area (Å²) in [6.07, 6.45) is -1.25. The third-order valence-corrected chi connectivity index (χ3v) is 1.79. The second-order valence-corrected chi connectivity index (χ2v) is 3.37. The first kappa shape index (κ1) is 10.2. The van der Waals surface area contributed by atoms with E-state index in [4.69, 9.17) is 0 Å². The van der Waals surface area contributed by atoms with Crippen molar-refractivity contribution in [3.8, 4) is 5.75 Å². The number of carbonyl (C=O) groups excluding carboxylic acids is 1. The van der Waals surface area contributed by atoms with Gasteiger partial charge in [0.15, 0.2) is 11.6 Å². The minimum atomic E-state index is -1.25. The molecule has 1 aromatic carbocycles. The summed E-state index contributed by atoms with van der Waals surface area (Å²) in [6.45, 7) is 0. The van der Waals surface area contributed by atoms with Crippen molar-refractivity contribution in [2.75, 3.05) is 0 Å². The standard InChI is InChI=1S/C7H4F2INO2/c8-4-1-3(10)2-5(9)6(4)13-7(11)12/h1-2H,(H2,11,12). The molecule has 0 spiro atoms. The van der Waals surface area contributed by atoms with Crippen LogP contribution in [0.5, 0.6) is 5.75 Å². The van der Waals surface area contributed by atoms with Crippen LogP contribution in [-0.2, 0) is 0 Å². The molecule has 0 aliphatic heterocycles. The number of carbonyl (C=O) groups is 1. The fraction of sp³-hybridized carbons (Fsp3) is 0. The van der Waals surface area contributed by atoms with E-state index in [1.807, 2.05) is 0 Å². The van der Waals surface area contributed by atoms with Crippen LogP contribution in [-0.4, -0.2) is 6.09 Å². The molecular weight excluding hydrogens is 295 g/mol. The molecule has 0 fully saturated rings. The van der Waals surface area contributed by atoms with Crippen LogP contribution in [0, 0.1) is 15.2 Å². The molecular formula is C7H4F2INO2. The molecule has 0 unspecified atom stereocenters. The van der Waals surface area contributed by atoms with Gasteiger partial charge in [-0.15, -0.1) is 0 Å². The molecule has 1 amide bonds. The summed E-state index contributed by atoms with van der Waals surface area (Å²) >= 11 is 1.73. The van der Waals surface area contributed by atoms with Crippen molar-refractivity contribution in [1.29, 1.82) is 0 Å². The number of halogens is 3. The number of benzene rings is 1. The van der Waals surface area contributed by atoms with Crippen LogP contribution in [0.1, 0.15) is 0 Å². The molecule has 0 saturated carbocycles. The Morgan fingerprint density at radius 1 is 1.38 bits per heavy atom. The van der Waals surface area contributed by atoms with Crippen molar-refractivity contribution in [1.82, 2.24) is 0 Å². The second kappa shape index (κ2) is 3.86. The Hall–Kier alpha value is -0.920. The van der Waals surface area contributed by atoms with Gasteiger partial charge >= 0.3 is 6.09 Å². The van der Waals surface area contributed by atoms with Crippen LogP contribution in [0.2, 0.25) is 0 Å². The van der Waals surface area contributed by atoms with Crippen LogP contribution in [0.15, 0.2) is 12.1 Å². The van der Waals surface area contributed by atoms with Crippen molar-refractivity contribution < 1.29 is 18.3 Å². The molecule has 70 valence electrons. The lowest BCUT2D eigenvalue weighted by Gasteiger charge is -2.03. The fourth-order valence-electron chi connectivity index (χ4n) is 0.727. The van der Waals surface area contributed by atoms with Gasteiger partial charge in [0.1, 0.15) is 0 Å². The van der Waals surface area contributed by atoms with E-state index in [-0.39, 0.29) is 0 Å². The maximum Gasteiger partial charge on any atom is 0.410 e. The molecule has 6 heteroatoms. The number of amides is 1. The van der Waals surface area contributed by atoms with Crippen molar-refractivity contribution in [3.63, 3.8) is 0 Å². The minimum absolute atomic E-state index is 0.365. The normalized spacial score (nSPS) is 9.77. The summed E-state index contributed by atoms with van der Waals surface area (Å²) in [5.41, 5.74) is 4.60. The Bertz CT molecular complexity index is 333.